The predicted molar refractivity (Wildman–Crippen MR) is 67.6 cm³/mol. The Balaban J connectivity index is 2.14. The number of nitrogens with zero attached hydrogens (tertiary/aromatic N) is 1. The molecular weight excluding hydrogens is 216 g/mol. The zero-order valence-electron chi connectivity index (χ0n) is 10.8. The molecule has 0 atom stereocenters. The Labute approximate surface area is 104 Å². The van der Waals surface area contributed by atoms with Crippen LogP contribution in [-0.2, 0) is 9.59 Å². The average Bonchev–Trinajstić information content (AvgIpc) is 2.36. The van der Waals surface area contributed by atoms with Crippen molar-refractivity contribution < 1.29 is 9.59 Å². The van der Waals surface area contributed by atoms with Crippen molar-refractivity contribution in [2.75, 3.05) is 19.6 Å². The predicted octanol–water partition coefficient (Wildman–Crippen LogP) is 1.70. The Kier molecular flexibility index (Phi) is 6.67. The highest BCUT2D eigenvalue weighted by Crippen LogP contribution is 2.09. The van der Waals surface area contributed by atoms with Gasteiger partial charge in [0, 0.05) is 19.6 Å². The Bertz CT molecular complexity index is 248. The SMILES string of the molecule is CCCCCNC(=O)CC(=O)N1CCCCC1. The van der Waals surface area contributed by atoms with Gasteiger partial charge < -0.3 is 10.2 Å². The van der Waals surface area contributed by atoms with Crippen molar-refractivity contribution in [1.29, 1.82) is 0 Å². The molecule has 0 spiro atoms. The maximum absolute atomic E-state index is 11.8. The van der Waals surface area contributed by atoms with Gasteiger partial charge in [0.05, 0.1) is 0 Å². The van der Waals surface area contributed by atoms with Gasteiger partial charge in [-0.1, -0.05) is 19.8 Å². The molecule has 0 saturated carbocycles. The molecule has 98 valence electrons. The van der Waals surface area contributed by atoms with Crippen molar-refractivity contribution in [3.63, 3.8) is 0 Å². The van der Waals surface area contributed by atoms with E-state index in [1.165, 1.54) is 6.42 Å². The third kappa shape index (κ3) is 5.71. The fourth-order valence-corrected chi connectivity index (χ4v) is 2.06. The first-order valence-electron chi connectivity index (χ1n) is 6.78. The molecule has 17 heavy (non-hydrogen) atoms. The van der Waals surface area contributed by atoms with Crippen LogP contribution in [0.5, 0.6) is 0 Å². The highest BCUT2D eigenvalue weighted by atomic mass is 16.2. The number of piperidine rings is 1. The first-order valence-corrected chi connectivity index (χ1v) is 6.78. The molecule has 1 aliphatic rings. The Hall–Kier alpha value is -1.06. The van der Waals surface area contributed by atoms with Crippen LogP contribution in [0.15, 0.2) is 0 Å². The lowest BCUT2D eigenvalue weighted by molar-refractivity contribution is -0.136. The van der Waals surface area contributed by atoms with E-state index in [1.807, 2.05) is 4.90 Å². The lowest BCUT2D eigenvalue weighted by Crippen LogP contribution is -2.39. The number of amides is 2. The molecule has 0 bridgehead atoms. The monoisotopic (exact) mass is 240 g/mol. The molecule has 4 heteroatoms. The van der Waals surface area contributed by atoms with E-state index in [1.54, 1.807) is 0 Å². The number of carbonyl (C=O) groups is 2. The van der Waals surface area contributed by atoms with Gasteiger partial charge in [0.1, 0.15) is 6.42 Å². The van der Waals surface area contributed by atoms with Crippen molar-refractivity contribution in [3.8, 4) is 0 Å². The van der Waals surface area contributed by atoms with Gasteiger partial charge in [-0.25, -0.2) is 0 Å². The van der Waals surface area contributed by atoms with Gasteiger partial charge in [-0.15, -0.1) is 0 Å². The quantitative estimate of drug-likeness (QED) is 0.567. The lowest BCUT2D eigenvalue weighted by atomic mass is 10.1. The first kappa shape index (κ1) is 14.0. The fraction of sp³-hybridized carbons (Fsp3) is 0.846. The largest absolute Gasteiger partial charge is 0.356 e. The summed E-state index contributed by atoms with van der Waals surface area (Å²) in [7, 11) is 0. The summed E-state index contributed by atoms with van der Waals surface area (Å²) >= 11 is 0. The Morgan fingerprint density at radius 1 is 1.12 bits per heavy atom. The van der Waals surface area contributed by atoms with Gasteiger partial charge in [0.2, 0.25) is 11.8 Å². The van der Waals surface area contributed by atoms with Crippen LogP contribution in [0.1, 0.15) is 51.9 Å². The van der Waals surface area contributed by atoms with Crippen molar-refractivity contribution in [2.24, 2.45) is 0 Å². The molecule has 1 N–H and O–H groups in total. The van der Waals surface area contributed by atoms with Crippen LogP contribution in [0.3, 0.4) is 0 Å². The molecule has 0 aliphatic carbocycles. The van der Waals surface area contributed by atoms with Crippen LogP contribution in [0.25, 0.3) is 0 Å². The van der Waals surface area contributed by atoms with Crippen LogP contribution in [-0.4, -0.2) is 36.3 Å². The smallest absolute Gasteiger partial charge is 0.232 e. The molecule has 1 aliphatic heterocycles. The number of unbranched alkanes of at least 4 members (excludes halogenated alkanes) is 2. The maximum Gasteiger partial charge on any atom is 0.232 e. The van der Waals surface area contributed by atoms with Crippen molar-refractivity contribution in [3.05, 3.63) is 0 Å². The molecular formula is C13H24N2O2. The zero-order chi connectivity index (χ0) is 12.5. The summed E-state index contributed by atoms with van der Waals surface area (Å²) in [6.07, 6.45) is 6.63. The van der Waals surface area contributed by atoms with E-state index in [0.29, 0.717) is 6.54 Å². The van der Waals surface area contributed by atoms with Gasteiger partial charge in [0.25, 0.3) is 0 Å². The second-order valence-corrected chi connectivity index (χ2v) is 4.68. The molecule has 0 aromatic carbocycles. The second-order valence-electron chi connectivity index (χ2n) is 4.68. The molecule has 0 aromatic rings. The molecule has 2 amide bonds. The normalized spacial score (nSPS) is 15.7. The number of carbonyl (C=O) groups excluding carboxylic acids is 2. The van der Waals surface area contributed by atoms with Crippen LogP contribution in [0, 0.1) is 0 Å². The van der Waals surface area contributed by atoms with Crippen molar-refractivity contribution >= 4 is 11.8 Å². The van der Waals surface area contributed by atoms with E-state index in [-0.39, 0.29) is 18.2 Å². The van der Waals surface area contributed by atoms with Gasteiger partial charge in [0.15, 0.2) is 0 Å². The van der Waals surface area contributed by atoms with E-state index < -0.39 is 0 Å². The Morgan fingerprint density at radius 3 is 2.47 bits per heavy atom. The molecule has 4 nitrogen and oxygen atoms in total. The standard InChI is InChI=1S/C13H24N2O2/c1-2-3-5-8-14-12(16)11-13(17)15-9-6-4-7-10-15/h2-11H2,1H3,(H,14,16). The summed E-state index contributed by atoms with van der Waals surface area (Å²) in [5.41, 5.74) is 0. The minimum atomic E-state index is -0.128. The van der Waals surface area contributed by atoms with Crippen LogP contribution < -0.4 is 5.32 Å². The summed E-state index contributed by atoms with van der Waals surface area (Å²) in [5, 5.41) is 2.80. The molecule has 1 rings (SSSR count). The zero-order valence-corrected chi connectivity index (χ0v) is 10.8. The van der Waals surface area contributed by atoms with E-state index in [0.717, 1.165) is 45.2 Å². The van der Waals surface area contributed by atoms with Gasteiger partial charge in [-0.3, -0.25) is 9.59 Å². The van der Waals surface area contributed by atoms with Gasteiger partial charge >= 0.3 is 0 Å². The van der Waals surface area contributed by atoms with Crippen molar-refractivity contribution in [2.45, 2.75) is 51.9 Å². The van der Waals surface area contributed by atoms with E-state index in [4.69, 9.17) is 0 Å². The lowest BCUT2D eigenvalue weighted by Gasteiger charge is -2.26. The number of hydrogen-bond acceptors (Lipinski definition) is 2. The third-order valence-corrected chi connectivity index (χ3v) is 3.12. The third-order valence-electron chi connectivity index (χ3n) is 3.12. The fourth-order valence-electron chi connectivity index (χ4n) is 2.06. The first-order chi connectivity index (χ1) is 8.24. The number of rotatable bonds is 6. The topological polar surface area (TPSA) is 49.4 Å². The second kappa shape index (κ2) is 8.09. The number of nitrogens with one attached hydrogen (secondary N) is 1. The summed E-state index contributed by atoms with van der Waals surface area (Å²) in [4.78, 5) is 25.1. The summed E-state index contributed by atoms with van der Waals surface area (Å²) < 4.78 is 0. The molecule has 0 unspecified atom stereocenters. The van der Waals surface area contributed by atoms with E-state index in [2.05, 4.69) is 12.2 Å². The highest BCUT2D eigenvalue weighted by Gasteiger charge is 2.18. The van der Waals surface area contributed by atoms with Crippen LogP contribution in [0.2, 0.25) is 0 Å². The molecule has 0 aromatic heterocycles. The molecule has 1 fully saturated rings. The average molecular weight is 240 g/mol. The van der Waals surface area contributed by atoms with Crippen LogP contribution in [0.4, 0.5) is 0 Å². The molecule has 1 saturated heterocycles. The van der Waals surface area contributed by atoms with Gasteiger partial charge in [-0.05, 0) is 25.7 Å². The summed E-state index contributed by atoms with van der Waals surface area (Å²) in [5.74, 6) is -0.144. The van der Waals surface area contributed by atoms with Crippen molar-refractivity contribution in [1.82, 2.24) is 10.2 Å². The molecule has 0 radical (unpaired) electrons. The van der Waals surface area contributed by atoms with E-state index >= 15 is 0 Å². The van der Waals surface area contributed by atoms with Crippen LogP contribution >= 0.6 is 0 Å². The Morgan fingerprint density at radius 2 is 1.82 bits per heavy atom. The minimum Gasteiger partial charge on any atom is -0.356 e. The highest BCUT2D eigenvalue weighted by molar-refractivity contribution is 5.96. The number of likely N-dealkylation sites (tertiary alicyclic amines) is 1. The van der Waals surface area contributed by atoms with E-state index in [9.17, 15) is 9.59 Å². The van der Waals surface area contributed by atoms with Gasteiger partial charge in [-0.2, -0.15) is 0 Å². The summed E-state index contributed by atoms with van der Waals surface area (Å²) in [6.45, 7) is 4.46. The number of hydrogen-bond donors (Lipinski definition) is 1. The minimum absolute atomic E-state index is 0.0160. The summed E-state index contributed by atoms with van der Waals surface area (Å²) in [6, 6.07) is 0. The molecule has 1 heterocycles. The maximum atomic E-state index is 11.8.